The van der Waals surface area contributed by atoms with Crippen molar-refractivity contribution in [3.05, 3.63) is 53.2 Å². The standard InChI is InChI=1S/C20H22ClN3O2/c1-3-25-18-9-8-14(12-19(18)26-4-2)10-11-22-17-13-23-24-20-15(17)6-5-7-16(20)21/h5-9,12-13H,3-4,10-11H2,1-2H3,(H,22,24). The number of benzene rings is 2. The fourth-order valence-corrected chi connectivity index (χ4v) is 2.99. The van der Waals surface area contributed by atoms with Crippen LogP contribution in [0.25, 0.3) is 10.9 Å². The largest absolute Gasteiger partial charge is 0.490 e. The molecular formula is C20H22ClN3O2. The van der Waals surface area contributed by atoms with Crippen LogP contribution >= 0.6 is 11.6 Å². The second-order valence-corrected chi connectivity index (χ2v) is 6.13. The molecule has 26 heavy (non-hydrogen) atoms. The summed E-state index contributed by atoms with van der Waals surface area (Å²) in [6.07, 6.45) is 2.57. The van der Waals surface area contributed by atoms with Crippen LogP contribution in [0.15, 0.2) is 42.6 Å². The Hall–Kier alpha value is -2.53. The molecule has 2 aromatic carbocycles. The summed E-state index contributed by atoms with van der Waals surface area (Å²) in [6.45, 7) is 5.92. The molecule has 0 saturated carbocycles. The van der Waals surface area contributed by atoms with Crippen molar-refractivity contribution in [2.24, 2.45) is 0 Å². The number of anilines is 1. The lowest BCUT2D eigenvalue weighted by Gasteiger charge is -2.13. The normalized spacial score (nSPS) is 10.7. The number of rotatable bonds is 8. The van der Waals surface area contributed by atoms with Crippen molar-refractivity contribution in [1.82, 2.24) is 10.2 Å². The molecule has 0 bridgehead atoms. The van der Waals surface area contributed by atoms with Gasteiger partial charge in [-0.15, -0.1) is 5.10 Å². The third-order valence-electron chi connectivity index (χ3n) is 3.96. The van der Waals surface area contributed by atoms with Crippen LogP contribution in [-0.4, -0.2) is 30.0 Å². The highest BCUT2D eigenvalue weighted by atomic mass is 35.5. The quantitative estimate of drug-likeness (QED) is 0.620. The van der Waals surface area contributed by atoms with E-state index in [-0.39, 0.29) is 0 Å². The molecule has 136 valence electrons. The second kappa shape index (κ2) is 8.72. The highest BCUT2D eigenvalue weighted by Crippen LogP contribution is 2.29. The van der Waals surface area contributed by atoms with Gasteiger partial charge in [-0.2, -0.15) is 5.10 Å². The van der Waals surface area contributed by atoms with Crippen molar-refractivity contribution in [2.45, 2.75) is 20.3 Å². The molecule has 3 rings (SSSR count). The molecule has 5 nitrogen and oxygen atoms in total. The number of fused-ring (bicyclic) bond motifs is 1. The minimum absolute atomic E-state index is 0.603. The van der Waals surface area contributed by atoms with Crippen molar-refractivity contribution < 1.29 is 9.47 Å². The van der Waals surface area contributed by atoms with Crippen LogP contribution in [0.2, 0.25) is 5.02 Å². The molecule has 3 aromatic rings. The predicted octanol–water partition coefficient (Wildman–Crippen LogP) is 4.74. The average Bonchev–Trinajstić information content (AvgIpc) is 2.65. The SMILES string of the molecule is CCOc1ccc(CCNc2cnnc3c(Cl)cccc23)cc1OCC. The molecule has 1 heterocycles. The third-order valence-corrected chi connectivity index (χ3v) is 4.26. The van der Waals surface area contributed by atoms with E-state index in [0.717, 1.165) is 35.5 Å². The number of halogens is 1. The Morgan fingerprint density at radius 2 is 1.85 bits per heavy atom. The Morgan fingerprint density at radius 1 is 1.04 bits per heavy atom. The summed E-state index contributed by atoms with van der Waals surface area (Å²) in [6, 6.07) is 11.8. The zero-order valence-corrected chi connectivity index (χ0v) is 15.7. The average molecular weight is 372 g/mol. The molecule has 0 radical (unpaired) electrons. The summed E-state index contributed by atoms with van der Waals surface area (Å²) >= 11 is 6.19. The minimum atomic E-state index is 0.603. The smallest absolute Gasteiger partial charge is 0.161 e. The maximum Gasteiger partial charge on any atom is 0.161 e. The van der Waals surface area contributed by atoms with Crippen LogP contribution in [-0.2, 0) is 6.42 Å². The molecule has 0 fully saturated rings. The zero-order valence-electron chi connectivity index (χ0n) is 15.0. The van der Waals surface area contributed by atoms with Crippen LogP contribution in [0.3, 0.4) is 0 Å². The van der Waals surface area contributed by atoms with Gasteiger partial charge >= 0.3 is 0 Å². The molecule has 0 amide bonds. The molecule has 0 unspecified atom stereocenters. The molecule has 0 saturated heterocycles. The monoisotopic (exact) mass is 371 g/mol. The molecule has 0 aliphatic rings. The fourth-order valence-electron chi connectivity index (χ4n) is 2.78. The van der Waals surface area contributed by atoms with E-state index in [9.17, 15) is 0 Å². The van der Waals surface area contributed by atoms with Crippen molar-refractivity contribution in [2.75, 3.05) is 25.1 Å². The van der Waals surface area contributed by atoms with E-state index >= 15 is 0 Å². The van der Waals surface area contributed by atoms with Gasteiger partial charge in [-0.3, -0.25) is 0 Å². The van der Waals surface area contributed by atoms with Gasteiger partial charge in [0.25, 0.3) is 0 Å². The zero-order chi connectivity index (χ0) is 18.4. The molecule has 0 aliphatic heterocycles. The summed E-state index contributed by atoms with van der Waals surface area (Å²) in [5.41, 5.74) is 2.81. The van der Waals surface area contributed by atoms with Gasteiger partial charge in [0.1, 0.15) is 5.52 Å². The van der Waals surface area contributed by atoms with Crippen LogP contribution in [0.4, 0.5) is 5.69 Å². The topological polar surface area (TPSA) is 56.3 Å². The first-order valence-corrected chi connectivity index (χ1v) is 9.13. The van der Waals surface area contributed by atoms with Crippen LogP contribution in [0, 0.1) is 0 Å². The summed E-state index contributed by atoms with van der Waals surface area (Å²) in [5.74, 6) is 1.57. The molecule has 6 heteroatoms. The van der Waals surface area contributed by atoms with Crippen molar-refractivity contribution >= 4 is 28.2 Å². The van der Waals surface area contributed by atoms with E-state index < -0.39 is 0 Å². The van der Waals surface area contributed by atoms with Gasteiger partial charge in [-0.05, 0) is 44.0 Å². The van der Waals surface area contributed by atoms with Gasteiger partial charge < -0.3 is 14.8 Å². The second-order valence-electron chi connectivity index (χ2n) is 5.72. The number of hydrogen-bond donors (Lipinski definition) is 1. The number of nitrogens with one attached hydrogen (secondary N) is 1. The minimum Gasteiger partial charge on any atom is -0.490 e. The number of nitrogens with zero attached hydrogens (tertiary/aromatic N) is 2. The molecule has 0 atom stereocenters. The summed E-state index contributed by atoms with van der Waals surface area (Å²) in [5, 5.41) is 13.1. The van der Waals surface area contributed by atoms with E-state index in [1.807, 2.05) is 44.2 Å². The molecule has 1 aromatic heterocycles. The van der Waals surface area contributed by atoms with Gasteiger partial charge in [0.05, 0.1) is 30.1 Å². The summed E-state index contributed by atoms with van der Waals surface area (Å²) in [4.78, 5) is 0. The van der Waals surface area contributed by atoms with Gasteiger partial charge in [0.2, 0.25) is 0 Å². The number of aromatic nitrogens is 2. The lowest BCUT2D eigenvalue weighted by Crippen LogP contribution is -2.07. The van der Waals surface area contributed by atoms with E-state index in [1.165, 1.54) is 5.56 Å². The number of hydrogen-bond acceptors (Lipinski definition) is 5. The van der Waals surface area contributed by atoms with E-state index in [4.69, 9.17) is 21.1 Å². The molecule has 0 spiro atoms. The molecular weight excluding hydrogens is 350 g/mol. The van der Waals surface area contributed by atoms with Crippen LogP contribution in [0.1, 0.15) is 19.4 Å². The van der Waals surface area contributed by atoms with Crippen LogP contribution < -0.4 is 14.8 Å². The lowest BCUT2D eigenvalue weighted by molar-refractivity contribution is 0.287. The number of ether oxygens (including phenoxy) is 2. The molecule has 0 aliphatic carbocycles. The van der Waals surface area contributed by atoms with Crippen molar-refractivity contribution in [1.29, 1.82) is 0 Å². The first kappa shape index (κ1) is 18.3. The Kier molecular flexibility index (Phi) is 6.12. The lowest BCUT2D eigenvalue weighted by atomic mass is 10.1. The van der Waals surface area contributed by atoms with Crippen LogP contribution in [0.5, 0.6) is 11.5 Å². The maximum atomic E-state index is 6.19. The van der Waals surface area contributed by atoms with Crippen molar-refractivity contribution in [3.8, 4) is 11.5 Å². The van der Waals surface area contributed by atoms with E-state index in [2.05, 4.69) is 21.6 Å². The maximum absolute atomic E-state index is 6.19. The predicted molar refractivity (Wildman–Crippen MR) is 106 cm³/mol. The third kappa shape index (κ3) is 4.17. The summed E-state index contributed by atoms with van der Waals surface area (Å²) in [7, 11) is 0. The Morgan fingerprint density at radius 3 is 2.65 bits per heavy atom. The molecule has 1 N–H and O–H groups in total. The van der Waals surface area contributed by atoms with Gasteiger partial charge in [0.15, 0.2) is 11.5 Å². The Bertz CT molecular complexity index is 886. The highest BCUT2D eigenvalue weighted by molar-refractivity contribution is 6.35. The first-order chi connectivity index (χ1) is 12.7. The first-order valence-electron chi connectivity index (χ1n) is 8.75. The fraction of sp³-hybridized carbons (Fsp3) is 0.300. The van der Waals surface area contributed by atoms with E-state index in [0.29, 0.717) is 23.8 Å². The van der Waals surface area contributed by atoms with Crippen molar-refractivity contribution in [3.63, 3.8) is 0 Å². The summed E-state index contributed by atoms with van der Waals surface area (Å²) < 4.78 is 11.3. The Labute approximate surface area is 158 Å². The van der Waals surface area contributed by atoms with E-state index in [1.54, 1.807) is 6.20 Å². The van der Waals surface area contributed by atoms with Gasteiger partial charge in [0, 0.05) is 11.9 Å². The van der Waals surface area contributed by atoms with Gasteiger partial charge in [-0.25, -0.2) is 0 Å². The van der Waals surface area contributed by atoms with Gasteiger partial charge in [-0.1, -0.05) is 29.8 Å². The Balaban J connectivity index is 1.70. The highest BCUT2D eigenvalue weighted by Gasteiger charge is 2.08.